The molecule has 2 heterocycles. The van der Waals surface area contributed by atoms with Crippen LogP contribution in [0.25, 0.3) is 28.1 Å². The molecule has 0 aliphatic rings. The van der Waals surface area contributed by atoms with E-state index in [9.17, 15) is 4.79 Å². The molecule has 5 rings (SSSR count). The number of rotatable bonds is 4. The Bertz CT molecular complexity index is 1410. The van der Waals surface area contributed by atoms with Crippen LogP contribution >= 0.6 is 0 Å². The highest BCUT2D eigenvalue weighted by Gasteiger charge is 2.17. The maximum Gasteiger partial charge on any atom is 0.263 e. The molecule has 3 aromatic carbocycles. The summed E-state index contributed by atoms with van der Waals surface area (Å²) in [6.45, 7) is 2.47. The van der Waals surface area contributed by atoms with Crippen molar-refractivity contribution in [1.82, 2.24) is 19.2 Å². The topological polar surface area (TPSA) is 61.4 Å². The molecule has 0 spiro atoms. The molecule has 30 heavy (non-hydrogen) atoms. The van der Waals surface area contributed by atoms with Crippen molar-refractivity contribution in [1.29, 1.82) is 0 Å². The van der Waals surface area contributed by atoms with Gasteiger partial charge < -0.3 is 4.74 Å². The number of aryl methyl sites for hydroxylation is 1. The standard InChI is InChI=1S/C24H20N4O2/c1-16-7-9-17(10-8-16)15-27-23(29)20-5-3-4-6-21(20)28-22(25-26-24(27)28)18-11-13-19(30-2)14-12-18/h3-14H,15H2,1-2H3. The fourth-order valence-electron chi connectivity index (χ4n) is 3.70. The average Bonchev–Trinajstić information content (AvgIpc) is 3.23. The number of ether oxygens (including phenoxy) is 1. The molecular formula is C24H20N4O2. The maximum absolute atomic E-state index is 13.3. The highest BCUT2D eigenvalue weighted by molar-refractivity contribution is 5.82. The monoisotopic (exact) mass is 396 g/mol. The Morgan fingerprint density at radius 1 is 0.900 bits per heavy atom. The molecule has 0 aliphatic carbocycles. The lowest BCUT2D eigenvalue weighted by Gasteiger charge is -2.12. The van der Waals surface area contributed by atoms with Crippen LogP contribution in [0.5, 0.6) is 5.75 Å². The molecule has 0 amide bonds. The van der Waals surface area contributed by atoms with E-state index in [1.54, 1.807) is 11.7 Å². The summed E-state index contributed by atoms with van der Waals surface area (Å²) >= 11 is 0. The predicted octanol–water partition coefficient (Wildman–Crippen LogP) is 4.08. The summed E-state index contributed by atoms with van der Waals surface area (Å²) in [6.07, 6.45) is 0. The summed E-state index contributed by atoms with van der Waals surface area (Å²) in [6, 6.07) is 23.4. The Labute approximate surface area is 173 Å². The van der Waals surface area contributed by atoms with Gasteiger partial charge in [-0.3, -0.25) is 13.8 Å². The number of fused-ring (bicyclic) bond motifs is 3. The largest absolute Gasteiger partial charge is 0.497 e. The molecule has 0 N–H and O–H groups in total. The van der Waals surface area contributed by atoms with Crippen molar-refractivity contribution in [3.05, 3.63) is 94.3 Å². The molecule has 0 saturated heterocycles. The fraction of sp³-hybridized carbons (Fsp3) is 0.125. The van der Waals surface area contributed by atoms with E-state index in [2.05, 4.69) is 10.2 Å². The zero-order valence-electron chi connectivity index (χ0n) is 16.7. The van der Waals surface area contributed by atoms with Crippen LogP contribution in [-0.4, -0.2) is 26.3 Å². The van der Waals surface area contributed by atoms with Crippen LogP contribution in [0.2, 0.25) is 0 Å². The Balaban J connectivity index is 1.78. The van der Waals surface area contributed by atoms with E-state index < -0.39 is 0 Å². The molecular weight excluding hydrogens is 376 g/mol. The molecule has 0 atom stereocenters. The van der Waals surface area contributed by atoms with Gasteiger partial charge in [0.1, 0.15) is 5.75 Å². The van der Waals surface area contributed by atoms with E-state index in [1.807, 2.05) is 84.1 Å². The molecule has 0 radical (unpaired) electrons. The SMILES string of the molecule is COc1ccc(-c2nnc3n(Cc4ccc(C)cc4)c(=O)c4ccccc4n23)cc1. The zero-order valence-corrected chi connectivity index (χ0v) is 16.7. The molecule has 0 aliphatic heterocycles. The first kappa shape index (κ1) is 18.1. The lowest BCUT2D eigenvalue weighted by atomic mass is 10.1. The van der Waals surface area contributed by atoms with Gasteiger partial charge in [-0.05, 0) is 48.9 Å². The van der Waals surface area contributed by atoms with Gasteiger partial charge in [-0.25, -0.2) is 0 Å². The number of hydrogen-bond acceptors (Lipinski definition) is 4. The Morgan fingerprint density at radius 3 is 2.37 bits per heavy atom. The average molecular weight is 396 g/mol. The number of aromatic nitrogens is 4. The lowest BCUT2D eigenvalue weighted by Crippen LogP contribution is -2.24. The summed E-state index contributed by atoms with van der Waals surface area (Å²) < 4.78 is 8.90. The second kappa shape index (κ2) is 7.15. The number of benzene rings is 3. The summed E-state index contributed by atoms with van der Waals surface area (Å²) in [5.41, 5.74) is 3.82. The molecule has 0 bridgehead atoms. The number of nitrogens with zero attached hydrogens (tertiary/aromatic N) is 4. The normalized spacial score (nSPS) is 11.3. The zero-order chi connectivity index (χ0) is 20.7. The van der Waals surface area contributed by atoms with Crippen LogP contribution in [0.4, 0.5) is 0 Å². The molecule has 6 nitrogen and oxygen atoms in total. The molecule has 2 aromatic heterocycles. The predicted molar refractivity (Wildman–Crippen MR) is 117 cm³/mol. The minimum absolute atomic E-state index is 0.0765. The van der Waals surface area contributed by atoms with Crippen LogP contribution in [0.15, 0.2) is 77.6 Å². The van der Waals surface area contributed by atoms with Crippen LogP contribution < -0.4 is 10.3 Å². The fourth-order valence-corrected chi connectivity index (χ4v) is 3.70. The van der Waals surface area contributed by atoms with Gasteiger partial charge in [-0.1, -0.05) is 42.0 Å². The highest BCUT2D eigenvalue weighted by atomic mass is 16.5. The first-order chi connectivity index (χ1) is 14.7. The van der Waals surface area contributed by atoms with E-state index in [0.717, 1.165) is 22.4 Å². The minimum atomic E-state index is -0.0765. The van der Waals surface area contributed by atoms with Gasteiger partial charge >= 0.3 is 0 Å². The Hall–Kier alpha value is -3.93. The first-order valence-corrected chi connectivity index (χ1v) is 9.72. The van der Waals surface area contributed by atoms with Gasteiger partial charge in [-0.2, -0.15) is 0 Å². The summed E-state index contributed by atoms with van der Waals surface area (Å²) in [7, 11) is 1.64. The van der Waals surface area contributed by atoms with Crippen molar-refractivity contribution in [3.63, 3.8) is 0 Å². The maximum atomic E-state index is 13.3. The molecule has 5 aromatic rings. The molecule has 0 fully saturated rings. The van der Waals surface area contributed by atoms with Crippen molar-refractivity contribution in [3.8, 4) is 17.1 Å². The van der Waals surface area contributed by atoms with Gasteiger partial charge in [0, 0.05) is 5.56 Å². The molecule has 0 unspecified atom stereocenters. The number of para-hydroxylation sites is 1. The molecule has 0 saturated carbocycles. The van der Waals surface area contributed by atoms with Crippen molar-refractivity contribution < 1.29 is 4.74 Å². The number of hydrogen-bond donors (Lipinski definition) is 0. The van der Waals surface area contributed by atoms with E-state index >= 15 is 0 Å². The van der Waals surface area contributed by atoms with E-state index in [-0.39, 0.29) is 5.56 Å². The minimum Gasteiger partial charge on any atom is -0.497 e. The third-order valence-corrected chi connectivity index (χ3v) is 5.32. The Kier molecular flexibility index (Phi) is 4.32. The van der Waals surface area contributed by atoms with Crippen LogP contribution in [0.3, 0.4) is 0 Å². The molecule has 148 valence electrons. The van der Waals surface area contributed by atoms with Crippen molar-refractivity contribution in [2.75, 3.05) is 7.11 Å². The van der Waals surface area contributed by atoms with Gasteiger partial charge in [0.15, 0.2) is 5.82 Å². The first-order valence-electron chi connectivity index (χ1n) is 9.72. The molecule has 6 heteroatoms. The highest BCUT2D eigenvalue weighted by Crippen LogP contribution is 2.24. The Morgan fingerprint density at radius 2 is 1.63 bits per heavy atom. The third kappa shape index (κ3) is 2.93. The third-order valence-electron chi connectivity index (χ3n) is 5.32. The lowest BCUT2D eigenvalue weighted by molar-refractivity contribution is 0.415. The van der Waals surface area contributed by atoms with Crippen molar-refractivity contribution in [2.24, 2.45) is 0 Å². The smallest absolute Gasteiger partial charge is 0.263 e. The second-order valence-corrected chi connectivity index (χ2v) is 7.28. The summed E-state index contributed by atoms with van der Waals surface area (Å²) in [4.78, 5) is 13.3. The van der Waals surface area contributed by atoms with Gasteiger partial charge in [0.05, 0.1) is 24.6 Å². The van der Waals surface area contributed by atoms with Crippen LogP contribution in [0, 0.1) is 6.92 Å². The summed E-state index contributed by atoms with van der Waals surface area (Å²) in [5, 5.41) is 9.48. The van der Waals surface area contributed by atoms with Gasteiger partial charge in [-0.15, -0.1) is 10.2 Å². The number of methoxy groups -OCH3 is 1. The van der Waals surface area contributed by atoms with Gasteiger partial charge in [0.2, 0.25) is 5.78 Å². The van der Waals surface area contributed by atoms with E-state index in [0.29, 0.717) is 23.5 Å². The van der Waals surface area contributed by atoms with Crippen molar-refractivity contribution in [2.45, 2.75) is 13.5 Å². The van der Waals surface area contributed by atoms with Crippen LogP contribution in [0.1, 0.15) is 11.1 Å². The quantitative estimate of drug-likeness (QED) is 0.459. The summed E-state index contributed by atoms with van der Waals surface area (Å²) in [5.74, 6) is 1.97. The van der Waals surface area contributed by atoms with Gasteiger partial charge in [0.25, 0.3) is 5.56 Å². The van der Waals surface area contributed by atoms with Crippen LogP contribution in [-0.2, 0) is 6.54 Å². The van der Waals surface area contributed by atoms with E-state index in [1.165, 1.54) is 5.56 Å². The van der Waals surface area contributed by atoms with Crippen molar-refractivity contribution >= 4 is 16.7 Å². The second-order valence-electron chi connectivity index (χ2n) is 7.28. The van der Waals surface area contributed by atoms with E-state index in [4.69, 9.17) is 4.74 Å².